The quantitative estimate of drug-likeness (QED) is 0.892. The van der Waals surface area contributed by atoms with Crippen LogP contribution >= 0.6 is 0 Å². The molecule has 24 heavy (non-hydrogen) atoms. The van der Waals surface area contributed by atoms with Gasteiger partial charge in [-0.25, -0.2) is 4.98 Å². The molecular formula is C19H26N2O3. The maximum absolute atomic E-state index is 11.8. The van der Waals surface area contributed by atoms with Gasteiger partial charge in [0.25, 0.3) is 5.91 Å². The Kier molecular flexibility index (Phi) is 4.49. The predicted molar refractivity (Wildman–Crippen MR) is 92.3 cm³/mol. The summed E-state index contributed by atoms with van der Waals surface area (Å²) in [6.45, 7) is 5.51. The van der Waals surface area contributed by atoms with Gasteiger partial charge in [0.15, 0.2) is 0 Å². The van der Waals surface area contributed by atoms with Crippen LogP contribution in [-0.2, 0) is 10.3 Å². The fourth-order valence-electron chi connectivity index (χ4n) is 3.42. The molecule has 0 aromatic carbocycles. The van der Waals surface area contributed by atoms with Crippen LogP contribution in [0.2, 0.25) is 0 Å². The Balaban J connectivity index is 2.01. The number of carbonyl (C=O) groups is 1. The lowest BCUT2D eigenvalue weighted by Crippen LogP contribution is -2.35. The van der Waals surface area contributed by atoms with Crippen LogP contribution in [0.5, 0.6) is 0 Å². The first-order valence-electron chi connectivity index (χ1n) is 8.62. The van der Waals surface area contributed by atoms with Crippen molar-refractivity contribution >= 4 is 11.5 Å². The highest BCUT2D eigenvalue weighted by Gasteiger charge is 2.34. The molecule has 0 unspecified atom stereocenters. The third-order valence-corrected chi connectivity index (χ3v) is 5.23. The largest absolute Gasteiger partial charge is 0.383 e. The van der Waals surface area contributed by atoms with Crippen molar-refractivity contribution in [1.29, 1.82) is 0 Å². The Bertz CT molecular complexity index is 673. The summed E-state index contributed by atoms with van der Waals surface area (Å²) in [5, 5.41) is 10.9. The average molecular weight is 330 g/mol. The second-order valence-electron chi connectivity index (χ2n) is 7.70. The number of nitrogens with two attached hydrogens (primary N) is 1. The van der Waals surface area contributed by atoms with Crippen molar-refractivity contribution in [3.8, 4) is 0 Å². The molecule has 5 heteroatoms. The number of carbonyl (C=O) groups excluding carboxylic acids is 1. The summed E-state index contributed by atoms with van der Waals surface area (Å²) in [5.74, 6) is -0.478. The highest BCUT2D eigenvalue weighted by molar-refractivity contribution is 5.97. The van der Waals surface area contributed by atoms with Crippen molar-refractivity contribution in [3.63, 3.8) is 0 Å². The number of aliphatic hydroxyl groups is 1. The molecule has 130 valence electrons. The number of amides is 1. The van der Waals surface area contributed by atoms with Crippen molar-refractivity contribution in [2.24, 2.45) is 11.1 Å². The number of primary amides is 1. The van der Waals surface area contributed by atoms with E-state index in [4.69, 9.17) is 10.5 Å². The van der Waals surface area contributed by atoms with E-state index in [1.54, 1.807) is 12.1 Å². The van der Waals surface area contributed by atoms with Gasteiger partial charge in [-0.3, -0.25) is 4.79 Å². The molecule has 5 nitrogen and oxygen atoms in total. The minimum atomic E-state index is -0.988. The zero-order valence-electron chi connectivity index (χ0n) is 14.5. The van der Waals surface area contributed by atoms with Crippen molar-refractivity contribution in [2.45, 2.75) is 51.6 Å². The zero-order valence-corrected chi connectivity index (χ0v) is 14.5. The van der Waals surface area contributed by atoms with E-state index in [-0.39, 0.29) is 5.41 Å². The van der Waals surface area contributed by atoms with Crippen LogP contribution in [0.1, 0.15) is 67.7 Å². The number of aromatic nitrogens is 1. The summed E-state index contributed by atoms with van der Waals surface area (Å²) in [6, 6.07) is 3.43. The minimum absolute atomic E-state index is 0.271. The number of pyridine rings is 1. The standard InChI is InChI=1S/C19H26N2O3/c1-18(2)7-5-13(6-8-18)16-14(17(20)22)3-4-15(21-16)19(23)9-11-24-12-10-19/h3-5,23H,6-12H2,1-2H3,(H2,20,22). The van der Waals surface area contributed by atoms with Crippen LogP contribution in [0.4, 0.5) is 0 Å². The molecule has 0 bridgehead atoms. The molecule has 0 spiro atoms. The first-order chi connectivity index (χ1) is 11.3. The fourth-order valence-corrected chi connectivity index (χ4v) is 3.42. The topological polar surface area (TPSA) is 85.4 Å². The first kappa shape index (κ1) is 17.1. The number of ether oxygens (including phenoxy) is 1. The second-order valence-corrected chi connectivity index (χ2v) is 7.70. The molecule has 1 aliphatic heterocycles. The number of allylic oxidation sites excluding steroid dienone is 2. The van der Waals surface area contributed by atoms with Gasteiger partial charge in [0.2, 0.25) is 0 Å². The Hall–Kier alpha value is -1.72. The first-order valence-corrected chi connectivity index (χ1v) is 8.62. The van der Waals surface area contributed by atoms with Gasteiger partial charge in [0.1, 0.15) is 5.60 Å². The third kappa shape index (κ3) is 3.37. The zero-order chi connectivity index (χ0) is 17.4. The van der Waals surface area contributed by atoms with E-state index in [1.807, 2.05) is 0 Å². The number of nitrogens with zero attached hydrogens (tertiary/aromatic N) is 1. The maximum atomic E-state index is 11.8. The SMILES string of the molecule is CC1(C)CC=C(c2nc(C3(O)CCOCC3)ccc2C(N)=O)CC1. The molecule has 1 aromatic heterocycles. The molecule has 0 atom stereocenters. The van der Waals surface area contributed by atoms with Crippen LogP contribution < -0.4 is 5.73 Å². The van der Waals surface area contributed by atoms with Gasteiger partial charge in [-0.2, -0.15) is 0 Å². The predicted octanol–water partition coefficient (Wildman–Crippen LogP) is 2.77. The van der Waals surface area contributed by atoms with Gasteiger partial charge in [-0.1, -0.05) is 19.9 Å². The molecule has 1 amide bonds. The van der Waals surface area contributed by atoms with E-state index >= 15 is 0 Å². The lowest BCUT2D eigenvalue weighted by molar-refractivity contribution is -0.0705. The molecule has 2 heterocycles. The molecule has 0 saturated carbocycles. The normalized spacial score (nSPS) is 22.7. The molecule has 3 N–H and O–H groups in total. The van der Waals surface area contributed by atoms with Gasteiger partial charge in [-0.15, -0.1) is 0 Å². The van der Waals surface area contributed by atoms with E-state index in [0.717, 1.165) is 24.8 Å². The Labute approximate surface area is 142 Å². The minimum Gasteiger partial charge on any atom is -0.383 e. The molecular weight excluding hydrogens is 304 g/mol. The highest BCUT2D eigenvalue weighted by Crippen LogP contribution is 2.39. The monoisotopic (exact) mass is 330 g/mol. The van der Waals surface area contributed by atoms with Crippen molar-refractivity contribution in [2.75, 3.05) is 13.2 Å². The average Bonchev–Trinajstić information content (AvgIpc) is 2.55. The van der Waals surface area contributed by atoms with Gasteiger partial charge < -0.3 is 15.6 Å². The summed E-state index contributed by atoms with van der Waals surface area (Å²) in [7, 11) is 0. The Morgan fingerprint density at radius 2 is 1.96 bits per heavy atom. The number of rotatable bonds is 3. The Morgan fingerprint density at radius 3 is 2.54 bits per heavy atom. The van der Waals surface area contributed by atoms with Crippen LogP contribution in [-0.4, -0.2) is 29.2 Å². The van der Waals surface area contributed by atoms with Gasteiger partial charge in [0, 0.05) is 26.1 Å². The van der Waals surface area contributed by atoms with Crippen LogP contribution in [0.15, 0.2) is 18.2 Å². The Morgan fingerprint density at radius 1 is 1.25 bits per heavy atom. The summed E-state index contributed by atoms with van der Waals surface area (Å²) in [6.07, 6.45) is 6.05. The molecule has 1 fully saturated rings. The van der Waals surface area contributed by atoms with E-state index in [0.29, 0.717) is 43.0 Å². The molecule has 3 rings (SSSR count). The van der Waals surface area contributed by atoms with Gasteiger partial charge >= 0.3 is 0 Å². The summed E-state index contributed by atoms with van der Waals surface area (Å²) in [4.78, 5) is 16.5. The van der Waals surface area contributed by atoms with Crippen molar-refractivity contribution in [1.82, 2.24) is 4.98 Å². The summed E-state index contributed by atoms with van der Waals surface area (Å²) in [5.41, 5.74) is 7.56. The van der Waals surface area contributed by atoms with E-state index in [9.17, 15) is 9.90 Å². The molecule has 1 saturated heterocycles. The van der Waals surface area contributed by atoms with Crippen molar-refractivity contribution < 1.29 is 14.6 Å². The number of hydrogen-bond donors (Lipinski definition) is 2. The molecule has 2 aliphatic rings. The van der Waals surface area contributed by atoms with Gasteiger partial charge in [0.05, 0.1) is 17.0 Å². The third-order valence-electron chi connectivity index (χ3n) is 5.23. The molecule has 1 aliphatic carbocycles. The number of hydrogen-bond acceptors (Lipinski definition) is 4. The maximum Gasteiger partial charge on any atom is 0.250 e. The highest BCUT2D eigenvalue weighted by atomic mass is 16.5. The van der Waals surface area contributed by atoms with Gasteiger partial charge in [-0.05, 0) is 42.4 Å². The lowest BCUT2D eigenvalue weighted by atomic mass is 9.77. The lowest BCUT2D eigenvalue weighted by Gasteiger charge is -2.33. The molecule has 1 aromatic rings. The van der Waals surface area contributed by atoms with E-state index < -0.39 is 11.5 Å². The summed E-state index contributed by atoms with van der Waals surface area (Å²) < 4.78 is 5.34. The van der Waals surface area contributed by atoms with Crippen LogP contribution in [0.3, 0.4) is 0 Å². The summed E-state index contributed by atoms with van der Waals surface area (Å²) >= 11 is 0. The van der Waals surface area contributed by atoms with Crippen molar-refractivity contribution in [3.05, 3.63) is 35.2 Å². The fraction of sp³-hybridized carbons (Fsp3) is 0.579. The smallest absolute Gasteiger partial charge is 0.250 e. The van der Waals surface area contributed by atoms with E-state index in [1.165, 1.54) is 0 Å². The van der Waals surface area contributed by atoms with Crippen LogP contribution in [0.25, 0.3) is 5.57 Å². The van der Waals surface area contributed by atoms with Crippen LogP contribution in [0, 0.1) is 5.41 Å². The van der Waals surface area contributed by atoms with E-state index in [2.05, 4.69) is 24.9 Å². The molecule has 0 radical (unpaired) electrons. The second kappa shape index (κ2) is 6.30.